The molecule has 1 aliphatic heterocycles. The van der Waals surface area contributed by atoms with E-state index >= 15 is 0 Å². The number of nitrogens with zero attached hydrogens (tertiary/aromatic N) is 1. The van der Waals surface area contributed by atoms with Crippen LogP contribution in [0.3, 0.4) is 0 Å². The van der Waals surface area contributed by atoms with Crippen LogP contribution in [0.1, 0.15) is 6.42 Å². The first-order chi connectivity index (χ1) is 7.20. The van der Waals surface area contributed by atoms with E-state index in [0.29, 0.717) is 13.0 Å². The largest absolute Gasteiger partial charge is 0.479 e. The van der Waals surface area contributed by atoms with Crippen LogP contribution in [0.15, 0.2) is 30.3 Å². The third kappa shape index (κ3) is 1.70. The van der Waals surface area contributed by atoms with E-state index < -0.39 is 12.0 Å². The predicted octanol–water partition coefficient (Wildman–Crippen LogP) is 0.919. The lowest BCUT2D eigenvalue weighted by molar-refractivity contribution is -0.141. The summed E-state index contributed by atoms with van der Waals surface area (Å²) >= 11 is 0. The van der Waals surface area contributed by atoms with Crippen molar-refractivity contribution in [2.75, 3.05) is 11.4 Å². The summed E-state index contributed by atoms with van der Waals surface area (Å²) in [6.45, 7) is 0.486. The normalized spacial score (nSPS) is 20.7. The standard InChI is InChI=1S/C11H11NO3/c13-9-6-7-12(10(9)11(14)15)8-4-2-1-3-5-8/h1-5,10H,6-7H2,(H,14,15). The number of aliphatic carboxylic acids is 1. The fourth-order valence-electron chi connectivity index (χ4n) is 1.84. The van der Waals surface area contributed by atoms with Crippen LogP contribution < -0.4 is 4.90 Å². The Morgan fingerprint density at radius 2 is 2.00 bits per heavy atom. The number of para-hydroxylation sites is 1. The van der Waals surface area contributed by atoms with E-state index in [-0.39, 0.29) is 5.78 Å². The van der Waals surface area contributed by atoms with Gasteiger partial charge >= 0.3 is 5.97 Å². The molecule has 0 radical (unpaired) electrons. The molecule has 1 N–H and O–H groups in total. The summed E-state index contributed by atoms with van der Waals surface area (Å²) in [6, 6.07) is 8.14. The second-order valence-corrected chi connectivity index (χ2v) is 3.49. The van der Waals surface area contributed by atoms with Gasteiger partial charge in [-0.15, -0.1) is 0 Å². The van der Waals surface area contributed by atoms with Gasteiger partial charge in [-0.25, -0.2) is 4.79 Å². The van der Waals surface area contributed by atoms with Crippen LogP contribution in [0.25, 0.3) is 0 Å². The van der Waals surface area contributed by atoms with Crippen molar-refractivity contribution < 1.29 is 14.7 Å². The number of carboxylic acids is 1. The summed E-state index contributed by atoms with van der Waals surface area (Å²) in [5, 5.41) is 8.95. The summed E-state index contributed by atoms with van der Waals surface area (Å²) in [5.74, 6) is -1.28. The van der Waals surface area contributed by atoms with Gasteiger partial charge in [0, 0.05) is 18.7 Å². The van der Waals surface area contributed by atoms with E-state index in [1.807, 2.05) is 30.3 Å². The van der Waals surface area contributed by atoms with Crippen LogP contribution >= 0.6 is 0 Å². The molecule has 1 saturated heterocycles. The number of hydrogen-bond donors (Lipinski definition) is 1. The van der Waals surface area contributed by atoms with E-state index in [1.165, 1.54) is 0 Å². The molecule has 0 saturated carbocycles. The molecule has 15 heavy (non-hydrogen) atoms. The van der Waals surface area contributed by atoms with Crippen LogP contribution in [-0.2, 0) is 9.59 Å². The fraction of sp³-hybridized carbons (Fsp3) is 0.273. The van der Waals surface area contributed by atoms with Crippen LogP contribution in [-0.4, -0.2) is 29.4 Å². The first kappa shape index (κ1) is 9.71. The number of carbonyl (C=O) groups is 2. The maximum atomic E-state index is 11.4. The Balaban J connectivity index is 2.30. The maximum Gasteiger partial charge on any atom is 0.334 e. The summed E-state index contributed by atoms with van der Waals surface area (Å²) in [4.78, 5) is 23.9. The molecule has 78 valence electrons. The fourth-order valence-corrected chi connectivity index (χ4v) is 1.84. The first-order valence-electron chi connectivity index (χ1n) is 4.77. The second-order valence-electron chi connectivity index (χ2n) is 3.49. The van der Waals surface area contributed by atoms with Crippen molar-refractivity contribution in [2.45, 2.75) is 12.5 Å². The number of carboxylic acid groups (broad SMARTS) is 1. The lowest BCUT2D eigenvalue weighted by Gasteiger charge is -2.22. The number of hydrogen-bond acceptors (Lipinski definition) is 3. The van der Waals surface area contributed by atoms with Gasteiger partial charge in [-0.1, -0.05) is 18.2 Å². The monoisotopic (exact) mass is 205 g/mol. The summed E-state index contributed by atoms with van der Waals surface area (Å²) in [5.41, 5.74) is 0.788. The molecule has 0 aromatic heterocycles. The van der Waals surface area contributed by atoms with Crippen molar-refractivity contribution in [2.24, 2.45) is 0 Å². The van der Waals surface area contributed by atoms with Gasteiger partial charge < -0.3 is 10.0 Å². The van der Waals surface area contributed by atoms with E-state index in [4.69, 9.17) is 5.11 Å². The third-order valence-corrected chi connectivity index (χ3v) is 2.54. The van der Waals surface area contributed by atoms with Crippen LogP contribution in [0.2, 0.25) is 0 Å². The number of Topliss-reactive ketones (excluding diaryl/α,β-unsaturated/α-hetero) is 1. The number of carbonyl (C=O) groups excluding carboxylic acids is 1. The molecule has 1 atom stereocenters. The number of benzene rings is 1. The molecule has 1 fully saturated rings. The molecule has 0 amide bonds. The second kappa shape index (κ2) is 3.73. The van der Waals surface area contributed by atoms with E-state index in [9.17, 15) is 9.59 Å². The van der Waals surface area contributed by atoms with Crippen LogP contribution in [0.4, 0.5) is 5.69 Å². The van der Waals surface area contributed by atoms with Gasteiger partial charge in [0.1, 0.15) is 0 Å². The average molecular weight is 205 g/mol. The van der Waals surface area contributed by atoms with Crippen molar-refractivity contribution in [3.8, 4) is 0 Å². The topological polar surface area (TPSA) is 57.6 Å². The SMILES string of the molecule is O=C(O)C1C(=O)CCN1c1ccccc1. The maximum absolute atomic E-state index is 11.4. The van der Waals surface area contributed by atoms with Crippen molar-refractivity contribution in [3.05, 3.63) is 30.3 Å². The Hall–Kier alpha value is -1.84. The molecule has 1 unspecified atom stereocenters. The molecule has 1 aliphatic rings. The number of rotatable bonds is 2. The molecular formula is C11H11NO3. The molecule has 0 bridgehead atoms. The molecular weight excluding hydrogens is 194 g/mol. The Morgan fingerprint density at radius 3 is 2.60 bits per heavy atom. The smallest absolute Gasteiger partial charge is 0.334 e. The van der Waals surface area contributed by atoms with E-state index in [2.05, 4.69) is 0 Å². The van der Waals surface area contributed by atoms with Crippen molar-refractivity contribution >= 4 is 17.4 Å². The Labute approximate surface area is 87.1 Å². The highest BCUT2D eigenvalue weighted by molar-refractivity contribution is 6.07. The van der Waals surface area contributed by atoms with Crippen molar-refractivity contribution in [1.29, 1.82) is 0 Å². The molecule has 0 aliphatic carbocycles. The highest BCUT2D eigenvalue weighted by Crippen LogP contribution is 2.23. The van der Waals surface area contributed by atoms with Crippen molar-refractivity contribution in [1.82, 2.24) is 0 Å². The molecule has 1 heterocycles. The molecule has 4 heteroatoms. The number of ketones is 1. The van der Waals surface area contributed by atoms with Gasteiger partial charge in [-0.2, -0.15) is 0 Å². The molecule has 1 aromatic carbocycles. The lowest BCUT2D eigenvalue weighted by Crippen LogP contribution is -2.39. The molecule has 4 nitrogen and oxygen atoms in total. The Bertz CT molecular complexity index is 388. The first-order valence-corrected chi connectivity index (χ1v) is 4.77. The molecule has 1 aromatic rings. The van der Waals surface area contributed by atoms with Gasteiger partial charge in [-0.3, -0.25) is 4.79 Å². The molecule has 0 spiro atoms. The van der Waals surface area contributed by atoms with Gasteiger partial charge in [0.15, 0.2) is 11.8 Å². The summed E-state index contributed by atoms with van der Waals surface area (Å²) in [7, 11) is 0. The van der Waals surface area contributed by atoms with Gasteiger partial charge in [-0.05, 0) is 12.1 Å². The zero-order chi connectivity index (χ0) is 10.8. The minimum atomic E-state index is -1.07. The quantitative estimate of drug-likeness (QED) is 0.729. The van der Waals surface area contributed by atoms with Gasteiger partial charge in [0.25, 0.3) is 0 Å². The Morgan fingerprint density at radius 1 is 1.33 bits per heavy atom. The highest BCUT2D eigenvalue weighted by Gasteiger charge is 2.37. The summed E-state index contributed by atoms with van der Waals surface area (Å²) < 4.78 is 0. The highest BCUT2D eigenvalue weighted by atomic mass is 16.4. The zero-order valence-corrected chi connectivity index (χ0v) is 8.09. The molecule has 2 rings (SSSR count). The van der Waals surface area contributed by atoms with Crippen LogP contribution in [0, 0.1) is 0 Å². The van der Waals surface area contributed by atoms with Gasteiger partial charge in [0.2, 0.25) is 0 Å². The third-order valence-electron chi connectivity index (χ3n) is 2.54. The summed E-state index contributed by atoms with van der Waals surface area (Å²) in [6.07, 6.45) is 0.311. The zero-order valence-electron chi connectivity index (χ0n) is 8.09. The van der Waals surface area contributed by atoms with Gasteiger partial charge in [0.05, 0.1) is 0 Å². The predicted molar refractivity (Wildman–Crippen MR) is 54.8 cm³/mol. The lowest BCUT2D eigenvalue weighted by atomic mass is 10.2. The number of anilines is 1. The van der Waals surface area contributed by atoms with Crippen LogP contribution in [0.5, 0.6) is 0 Å². The minimum absolute atomic E-state index is 0.216. The van der Waals surface area contributed by atoms with Crippen molar-refractivity contribution in [3.63, 3.8) is 0 Å². The minimum Gasteiger partial charge on any atom is -0.479 e. The average Bonchev–Trinajstić information content (AvgIpc) is 2.61. The van der Waals surface area contributed by atoms with E-state index in [1.54, 1.807) is 4.90 Å². The van der Waals surface area contributed by atoms with E-state index in [0.717, 1.165) is 5.69 Å². The Kier molecular flexibility index (Phi) is 2.41.